The third-order valence-corrected chi connectivity index (χ3v) is 6.58. The Morgan fingerprint density at radius 2 is 1.76 bits per heavy atom. The molecule has 3 aromatic rings. The average molecular weight is 469 g/mol. The summed E-state index contributed by atoms with van der Waals surface area (Å²) >= 11 is 1.34. The molecule has 1 saturated heterocycles. The van der Waals surface area contributed by atoms with Crippen LogP contribution in [0, 0.1) is 5.82 Å². The Balaban J connectivity index is 1.35. The molecule has 9 heteroatoms. The highest BCUT2D eigenvalue weighted by molar-refractivity contribution is 7.99. The number of rotatable bonds is 9. The summed E-state index contributed by atoms with van der Waals surface area (Å²) in [6, 6.07) is 15.9. The predicted octanol–water partition coefficient (Wildman–Crippen LogP) is 2.92. The van der Waals surface area contributed by atoms with Gasteiger partial charge in [-0.3, -0.25) is 9.36 Å². The lowest BCUT2D eigenvalue weighted by Gasteiger charge is -2.32. The third-order valence-electron chi connectivity index (χ3n) is 5.65. The van der Waals surface area contributed by atoms with E-state index in [4.69, 9.17) is 0 Å². The smallest absolute Gasteiger partial charge is 0.230 e. The molecule has 0 unspecified atom stereocenters. The molecule has 2 aromatic carbocycles. The Kier molecular flexibility index (Phi) is 8.09. The van der Waals surface area contributed by atoms with Crippen molar-refractivity contribution in [2.75, 3.05) is 52.1 Å². The largest absolute Gasteiger partial charge is 0.355 e. The van der Waals surface area contributed by atoms with Crippen molar-refractivity contribution in [2.24, 2.45) is 0 Å². The van der Waals surface area contributed by atoms with Gasteiger partial charge in [0, 0.05) is 44.0 Å². The highest BCUT2D eigenvalue weighted by atomic mass is 32.2. The Hall–Kier alpha value is -2.75. The summed E-state index contributed by atoms with van der Waals surface area (Å²) in [4.78, 5) is 17.2. The van der Waals surface area contributed by atoms with Crippen molar-refractivity contribution >= 4 is 17.7 Å². The standard InChI is InChI=1S/C24H29FN6OS/c1-29-14-16-30(17-15-29)13-5-12-26-22(32)18-33-24-28-27-23(19-8-10-20(25)11-9-19)31(24)21-6-3-2-4-7-21/h2-4,6-11H,5,12-18H2,1H3,(H,26,32). The number of carbonyl (C=O) groups is 1. The fourth-order valence-electron chi connectivity index (χ4n) is 3.74. The van der Waals surface area contributed by atoms with Crippen LogP contribution in [0.1, 0.15) is 6.42 Å². The van der Waals surface area contributed by atoms with Gasteiger partial charge >= 0.3 is 0 Å². The summed E-state index contributed by atoms with van der Waals surface area (Å²) in [6.45, 7) is 6.05. The number of carbonyl (C=O) groups excluding carboxylic acids is 1. The van der Waals surface area contributed by atoms with E-state index < -0.39 is 0 Å². The van der Waals surface area contributed by atoms with Crippen LogP contribution >= 0.6 is 11.8 Å². The van der Waals surface area contributed by atoms with E-state index in [-0.39, 0.29) is 17.5 Å². The summed E-state index contributed by atoms with van der Waals surface area (Å²) in [5.74, 6) is 0.534. The fourth-order valence-corrected chi connectivity index (χ4v) is 4.52. The van der Waals surface area contributed by atoms with Crippen LogP contribution in [0.15, 0.2) is 59.8 Å². The zero-order valence-electron chi connectivity index (χ0n) is 18.8. The lowest BCUT2D eigenvalue weighted by atomic mass is 10.2. The molecule has 0 saturated carbocycles. The Morgan fingerprint density at radius 1 is 1.03 bits per heavy atom. The number of aromatic nitrogens is 3. The van der Waals surface area contributed by atoms with Crippen LogP contribution in [0.2, 0.25) is 0 Å². The molecule has 1 fully saturated rings. The first-order chi connectivity index (χ1) is 16.1. The molecule has 7 nitrogen and oxygen atoms in total. The van der Waals surface area contributed by atoms with E-state index in [1.165, 1.54) is 23.9 Å². The molecule has 1 amide bonds. The van der Waals surface area contributed by atoms with E-state index in [9.17, 15) is 9.18 Å². The van der Waals surface area contributed by atoms with Crippen LogP contribution in [0.5, 0.6) is 0 Å². The second-order valence-electron chi connectivity index (χ2n) is 8.12. The van der Waals surface area contributed by atoms with E-state index in [1.54, 1.807) is 12.1 Å². The Morgan fingerprint density at radius 3 is 2.48 bits per heavy atom. The summed E-state index contributed by atoms with van der Waals surface area (Å²) in [5.41, 5.74) is 1.64. The predicted molar refractivity (Wildman–Crippen MR) is 129 cm³/mol. The highest BCUT2D eigenvalue weighted by Crippen LogP contribution is 2.28. The van der Waals surface area contributed by atoms with Crippen molar-refractivity contribution in [1.82, 2.24) is 29.9 Å². The molecule has 0 spiro atoms. The number of benzene rings is 2. The molecule has 0 aliphatic carbocycles. The van der Waals surface area contributed by atoms with Gasteiger partial charge in [0.05, 0.1) is 5.75 Å². The van der Waals surface area contributed by atoms with E-state index in [2.05, 4.69) is 32.4 Å². The summed E-state index contributed by atoms with van der Waals surface area (Å²) in [5, 5.41) is 12.3. The molecule has 33 heavy (non-hydrogen) atoms. The minimum Gasteiger partial charge on any atom is -0.355 e. The van der Waals surface area contributed by atoms with Gasteiger partial charge in [-0.05, 0) is 56.4 Å². The van der Waals surface area contributed by atoms with Crippen LogP contribution in [0.4, 0.5) is 4.39 Å². The van der Waals surface area contributed by atoms with Crippen molar-refractivity contribution in [2.45, 2.75) is 11.6 Å². The maximum Gasteiger partial charge on any atom is 0.230 e. The minimum absolute atomic E-state index is 0.0238. The van der Waals surface area contributed by atoms with Gasteiger partial charge in [-0.1, -0.05) is 30.0 Å². The maximum absolute atomic E-state index is 13.4. The summed E-state index contributed by atoms with van der Waals surface area (Å²) < 4.78 is 15.3. The van der Waals surface area contributed by atoms with E-state index >= 15 is 0 Å². The monoisotopic (exact) mass is 468 g/mol. The molecular weight excluding hydrogens is 439 g/mol. The third kappa shape index (κ3) is 6.40. The topological polar surface area (TPSA) is 66.3 Å². The molecule has 174 valence electrons. The van der Waals surface area contributed by atoms with Gasteiger partial charge in [0.1, 0.15) is 5.82 Å². The minimum atomic E-state index is -0.302. The lowest BCUT2D eigenvalue weighted by molar-refractivity contribution is -0.118. The van der Waals surface area contributed by atoms with Crippen LogP contribution < -0.4 is 5.32 Å². The number of likely N-dealkylation sites (N-methyl/N-ethyl adjacent to an activating group) is 1. The molecule has 0 atom stereocenters. The van der Waals surface area contributed by atoms with Crippen LogP contribution in [-0.4, -0.2) is 82.5 Å². The SMILES string of the molecule is CN1CCN(CCCNC(=O)CSc2nnc(-c3ccc(F)cc3)n2-c2ccccc2)CC1. The second-order valence-corrected chi connectivity index (χ2v) is 9.06. The number of piperazine rings is 1. The van der Waals surface area contributed by atoms with Crippen LogP contribution in [0.3, 0.4) is 0 Å². The van der Waals surface area contributed by atoms with Crippen molar-refractivity contribution in [3.8, 4) is 17.1 Å². The molecule has 1 aliphatic rings. The lowest BCUT2D eigenvalue weighted by Crippen LogP contribution is -2.45. The number of thioether (sulfide) groups is 1. The van der Waals surface area contributed by atoms with E-state index in [0.29, 0.717) is 17.5 Å². The number of amides is 1. The van der Waals surface area contributed by atoms with E-state index in [1.807, 2.05) is 34.9 Å². The second kappa shape index (κ2) is 11.4. The summed E-state index contributed by atoms with van der Waals surface area (Å²) in [6.07, 6.45) is 0.940. The van der Waals surface area contributed by atoms with Gasteiger partial charge in [0.15, 0.2) is 11.0 Å². The molecule has 4 rings (SSSR count). The number of para-hydroxylation sites is 1. The molecular formula is C24H29FN6OS. The maximum atomic E-state index is 13.4. The average Bonchev–Trinajstić information content (AvgIpc) is 3.26. The fraction of sp³-hybridized carbons (Fsp3) is 0.375. The zero-order valence-corrected chi connectivity index (χ0v) is 19.6. The van der Waals surface area contributed by atoms with Crippen molar-refractivity contribution in [1.29, 1.82) is 0 Å². The van der Waals surface area contributed by atoms with Crippen molar-refractivity contribution < 1.29 is 9.18 Å². The molecule has 2 heterocycles. The highest BCUT2D eigenvalue weighted by Gasteiger charge is 2.17. The molecule has 1 N–H and O–H groups in total. The normalized spacial score (nSPS) is 15.0. The van der Waals surface area contributed by atoms with Gasteiger partial charge in [0.25, 0.3) is 0 Å². The van der Waals surface area contributed by atoms with Gasteiger partial charge in [-0.15, -0.1) is 10.2 Å². The Bertz CT molecular complexity index is 1030. The van der Waals surface area contributed by atoms with Gasteiger partial charge in [0.2, 0.25) is 5.91 Å². The van der Waals surface area contributed by atoms with Crippen molar-refractivity contribution in [3.05, 3.63) is 60.4 Å². The van der Waals surface area contributed by atoms with Gasteiger partial charge in [-0.25, -0.2) is 4.39 Å². The quantitative estimate of drug-likeness (QED) is 0.385. The van der Waals surface area contributed by atoms with Crippen LogP contribution in [-0.2, 0) is 4.79 Å². The first kappa shape index (κ1) is 23.4. The zero-order chi connectivity index (χ0) is 23.0. The molecule has 1 aromatic heterocycles. The van der Waals surface area contributed by atoms with Gasteiger partial charge < -0.3 is 15.1 Å². The molecule has 0 radical (unpaired) electrons. The van der Waals surface area contributed by atoms with Gasteiger partial charge in [-0.2, -0.15) is 0 Å². The first-order valence-corrected chi connectivity index (χ1v) is 12.2. The summed E-state index contributed by atoms with van der Waals surface area (Å²) in [7, 11) is 2.15. The molecule has 0 bridgehead atoms. The van der Waals surface area contributed by atoms with Crippen LogP contribution in [0.25, 0.3) is 17.1 Å². The number of hydrogen-bond acceptors (Lipinski definition) is 6. The Labute approximate surface area is 198 Å². The molecule has 1 aliphatic heterocycles. The van der Waals surface area contributed by atoms with E-state index in [0.717, 1.165) is 50.4 Å². The first-order valence-electron chi connectivity index (χ1n) is 11.2. The number of hydrogen-bond donors (Lipinski definition) is 1. The van der Waals surface area contributed by atoms with Crippen molar-refractivity contribution in [3.63, 3.8) is 0 Å². The number of nitrogens with zero attached hydrogens (tertiary/aromatic N) is 5. The number of nitrogens with one attached hydrogen (secondary N) is 1. The number of halogens is 1.